The molecule has 1 aliphatic carbocycles. The van der Waals surface area contributed by atoms with Crippen molar-refractivity contribution in [3.05, 3.63) is 64.7 Å². The van der Waals surface area contributed by atoms with Crippen molar-refractivity contribution in [1.29, 1.82) is 0 Å². The molecular formula is C20H17F3N2O6S. The number of fused-ring (bicyclic) bond motifs is 1. The van der Waals surface area contributed by atoms with E-state index in [9.17, 15) is 36.0 Å². The third-order valence-corrected chi connectivity index (χ3v) is 6.41. The van der Waals surface area contributed by atoms with Gasteiger partial charge < -0.3 is 10.1 Å². The zero-order valence-electron chi connectivity index (χ0n) is 16.8. The molecule has 3 rings (SSSR count). The third kappa shape index (κ3) is 4.17. The Morgan fingerprint density at radius 1 is 1.16 bits per heavy atom. The van der Waals surface area contributed by atoms with E-state index in [1.165, 1.54) is 12.1 Å². The lowest BCUT2D eigenvalue weighted by atomic mass is 9.96. The molecule has 0 spiro atoms. The number of Topliss-reactive ketones (excluding diaryl/α,β-unsaturated/α-hetero) is 1. The Labute approximate surface area is 180 Å². The molecule has 0 unspecified atom stereocenters. The largest absolute Gasteiger partial charge is 0.492 e. The number of carbonyl (C=O) groups is 3. The minimum Gasteiger partial charge on any atom is -0.492 e. The van der Waals surface area contributed by atoms with Crippen LogP contribution >= 0.6 is 0 Å². The van der Waals surface area contributed by atoms with E-state index in [2.05, 4.69) is 0 Å². The van der Waals surface area contributed by atoms with E-state index in [-0.39, 0.29) is 28.2 Å². The summed E-state index contributed by atoms with van der Waals surface area (Å²) in [6.45, 7) is 1.21. The van der Waals surface area contributed by atoms with Gasteiger partial charge in [0.05, 0.1) is 17.6 Å². The van der Waals surface area contributed by atoms with E-state index in [4.69, 9.17) is 4.74 Å². The Bertz CT molecular complexity index is 1240. The molecule has 32 heavy (non-hydrogen) atoms. The Morgan fingerprint density at radius 3 is 2.34 bits per heavy atom. The van der Waals surface area contributed by atoms with Gasteiger partial charge in [0.15, 0.2) is 11.5 Å². The van der Waals surface area contributed by atoms with Gasteiger partial charge in [-0.25, -0.2) is 12.4 Å². The van der Waals surface area contributed by atoms with Gasteiger partial charge in [-0.05, 0) is 31.0 Å². The summed E-state index contributed by atoms with van der Waals surface area (Å²) in [7, 11) is -3.20. The molecule has 1 N–H and O–H groups in total. The normalized spacial score (nSPS) is 14.1. The molecule has 2 aromatic rings. The first-order valence-electron chi connectivity index (χ1n) is 9.14. The number of alkyl halides is 3. The molecule has 0 radical (unpaired) electrons. The van der Waals surface area contributed by atoms with Gasteiger partial charge in [0, 0.05) is 18.8 Å². The Kier molecular flexibility index (Phi) is 6.00. The average Bonchev–Trinajstić information content (AvgIpc) is 3.11. The van der Waals surface area contributed by atoms with E-state index in [1.54, 1.807) is 24.4 Å². The van der Waals surface area contributed by atoms with Crippen LogP contribution in [-0.2, 0) is 26.0 Å². The van der Waals surface area contributed by atoms with E-state index >= 15 is 0 Å². The monoisotopic (exact) mass is 470 g/mol. The van der Waals surface area contributed by atoms with Gasteiger partial charge in [-0.2, -0.15) is 13.2 Å². The Morgan fingerprint density at radius 2 is 1.78 bits per heavy atom. The van der Waals surface area contributed by atoms with Crippen LogP contribution in [0.5, 0.6) is 0 Å². The van der Waals surface area contributed by atoms with Crippen LogP contribution in [0.25, 0.3) is 0 Å². The number of nitrogens with zero attached hydrogens (tertiary/aromatic N) is 1. The summed E-state index contributed by atoms with van der Waals surface area (Å²) in [5.74, 6) is -4.17. The maximum Gasteiger partial charge on any atom is 0.471 e. The second-order valence-electron chi connectivity index (χ2n) is 6.90. The number of aromatic nitrogens is 1. The molecule has 0 bridgehead atoms. The molecular weight excluding hydrogens is 453 g/mol. The highest BCUT2D eigenvalue weighted by molar-refractivity contribution is 7.90. The predicted molar refractivity (Wildman–Crippen MR) is 105 cm³/mol. The summed E-state index contributed by atoms with van der Waals surface area (Å²) in [6, 6.07) is 5.73. The van der Waals surface area contributed by atoms with Gasteiger partial charge in [0.1, 0.15) is 5.69 Å². The molecule has 12 heteroatoms. The number of methoxy groups -OCH3 is 1. The van der Waals surface area contributed by atoms with Crippen molar-refractivity contribution >= 4 is 27.5 Å². The highest BCUT2D eigenvalue weighted by Gasteiger charge is 2.39. The lowest BCUT2D eigenvalue weighted by Gasteiger charge is -2.15. The van der Waals surface area contributed by atoms with Crippen LogP contribution in [0.2, 0.25) is 0 Å². The summed E-state index contributed by atoms with van der Waals surface area (Å²) < 4.78 is 69.1. The number of halogens is 3. The standard InChI is InChI=1S/C20H17F3N2O6S/c1-11-3-5-13(6-4-11)32(29,30)25-10-12(7-8-24-19(28)20(21,22)23)16-14(26)9-15(31-2)18(27)17(16)25/h3-6,9-10H,7-8H2,1-2H3,(H,24,28). The number of ether oxygens (including phenoxy) is 1. The summed E-state index contributed by atoms with van der Waals surface area (Å²) in [4.78, 5) is 36.3. The first-order chi connectivity index (χ1) is 14.9. The van der Waals surface area contributed by atoms with Crippen molar-refractivity contribution < 1.29 is 40.7 Å². The number of carbonyl (C=O) groups excluding carboxylic acids is 3. The average molecular weight is 470 g/mol. The fraction of sp³-hybridized carbons (Fsp3) is 0.250. The molecule has 0 saturated heterocycles. The topological polar surface area (TPSA) is 112 Å². The zero-order valence-corrected chi connectivity index (χ0v) is 17.6. The van der Waals surface area contributed by atoms with Crippen LogP contribution in [-0.4, -0.2) is 49.7 Å². The van der Waals surface area contributed by atoms with Crippen LogP contribution in [0.1, 0.15) is 32.0 Å². The van der Waals surface area contributed by atoms with Gasteiger partial charge in [0.2, 0.25) is 5.78 Å². The molecule has 170 valence electrons. The van der Waals surface area contributed by atoms with Crippen LogP contribution in [0.4, 0.5) is 13.2 Å². The van der Waals surface area contributed by atoms with Gasteiger partial charge in [-0.1, -0.05) is 17.7 Å². The lowest BCUT2D eigenvalue weighted by molar-refractivity contribution is -0.173. The molecule has 1 aromatic heterocycles. The number of hydrogen-bond acceptors (Lipinski definition) is 6. The number of hydrogen-bond donors (Lipinski definition) is 1. The Balaban J connectivity index is 2.08. The molecule has 1 amide bonds. The van der Waals surface area contributed by atoms with Crippen LogP contribution in [0.3, 0.4) is 0 Å². The smallest absolute Gasteiger partial charge is 0.471 e. The van der Waals surface area contributed by atoms with Crippen molar-refractivity contribution in [2.24, 2.45) is 0 Å². The van der Waals surface area contributed by atoms with Crippen LogP contribution in [0.15, 0.2) is 47.2 Å². The van der Waals surface area contributed by atoms with E-state index in [0.29, 0.717) is 3.97 Å². The Hall–Kier alpha value is -3.41. The van der Waals surface area contributed by atoms with Gasteiger partial charge in [-0.3, -0.25) is 14.4 Å². The zero-order chi connectivity index (χ0) is 23.8. The van der Waals surface area contributed by atoms with E-state index in [1.807, 2.05) is 0 Å². The third-order valence-electron chi connectivity index (χ3n) is 4.73. The number of benzene rings is 1. The maximum absolute atomic E-state index is 13.2. The summed E-state index contributed by atoms with van der Waals surface area (Å²) in [5.41, 5.74) is 0.0261. The SMILES string of the molecule is COC1=CC(=O)c2c(CCNC(=O)C(F)(F)F)cn(S(=O)(=O)c3ccc(C)cc3)c2C1=O. The van der Waals surface area contributed by atoms with Crippen LogP contribution in [0, 0.1) is 6.92 Å². The van der Waals surface area contributed by atoms with Gasteiger partial charge in [-0.15, -0.1) is 0 Å². The number of rotatable bonds is 6. The quantitative estimate of drug-likeness (QED) is 0.693. The molecule has 8 nitrogen and oxygen atoms in total. The summed E-state index contributed by atoms with van der Waals surface area (Å²) in [5, 5.41) is 1.65. The van der Waals surface area contributed by atoms with Crippen molar-refractivity contribution in [1.82, 2.24) is 9.29 Å². The first-order valence-corrected chi connectivity index (χ1v) is 10.6. The lowest BCUT2D eigenvalue weighted by Crippen LogP contribution is -2.37. The van der Waals surface area contributed by atoms with Gasteiger partial charge in [0.25, 0.3) is 10.0 Å². The molecule has 0 aliphatic heterocycles. The maximum atomic E-state index is 13.2. The van der Waals surface area contributed by atoms with Crippen molar-refractivity contribution in [3.8, 4) is 0 Å². The fourth-order valence-electron chi connectivity index (χ4n) is 3.16. The minimum absolute atomic E-state index is 0.0112. The molecule has 0 atom stereocenters. The molecule has 0 saturated carbocycles. The molecule has 0 fully saturated rings. The molecule has 1 heterocycles. The van der Waals surface area contributed by atoms with E-state index < -0.39 is 45.9 Å². The second kappa shape index (κ2) is 8.26. The number of aryl methyl sites for hydroxylation is 1. The minimum atomic E-state index is -5.10. The van der Waals surface area contributed by atoms with E-state index in [0.717, 1.165) is 24.9 Å². The highest BCUT2D eigenvalue weighted by atomic mass is 32.2. The fourth-order valence-corrected chi connectivity index (χ4v) is 4.55. The number of allylic oxidation sites excluding steroid dienone is 2. The van der Waals surface area contributed by atoms with Crippen LogP contribution < -0.4 is 5.32 Å². The second-order valence-corrected chi connectivity index (χ2v) is 8.72. The first kappa shape index (κ1) is 23.3. The number of amides is 1. The van der Waals surface area contributed by atoms with Gasteiger partial charge >= 0.3 is 12.1 Å². The predicted octanol–water partition coefficient (Wildman–Crippen LogP) is 2.16. The van der Waals surface area contributed by atoms with Crippen molar-refractivity contribution in [2.75, 3.05) is 13.7 Å². The highest BCUT2D eigenvalue weighted by Crippen LogP contribution is 2.30. The van der Waals surface area contributed by atoms with Crippen molar-refractivity contribution in [3.63, 3.8) is 0 Å². The number of nitrogens with one attached hydrogen (secondary N) is 1. The molecule has 1 aromatic carbocycles. The number of ketones is 2. The van der Waals surface area contributed by atoms with Crippen molar-refractivity contribution in [2.45, 2.75) is 24.4 Å². The molecule has 1 aliphatic rings. The summed E-state index contributed by atoms with van der Waals surface area (Å²) in [6.07, 6.45) is -3.54. The summed E-state index contributed by atoms with van der Waals surface area (Å²) >= 11 is 0.